The number of rotatable bonds is 2. The van der Waals surface area contributed by atoms with Gasteiger partial charge in [0.15, 0.2) is 0 Å². The van der Waals surface area contributed by atoms with E-state index in [9.17, 15) is 0 Å². The summed E-state index contributed by atoms with van der Waals surface area (Å²) in [5.41, 5.74) is 1.03. The summed E-state index contributed by atoms with van der Waals surface area (Å²) in [6.07, 6.45) is 1.59. The molecule has 0 amide bonds. The summed E-state index contributed by atoms with van der Waals surface area (Å²) < 4.78 is 12.6. The third-order valence-electron chi connectivity index (χ3n) is 2.17. The van der Waals surface area contributed by atoms with Crippen molar-refractivity contribution in [2.75, 3.05) is 26.3 Å². The predicted molar refractivity (Wildman–Crippen MR) is 50.3 cm³/mol. The van der Waals surface area contributed by atoms with E-state index in [1.807, 2.05) is 6.07 Å². The molecule has 1 aromatic heterocycles. The molecule has 1 saturated heterocycles. The summed E-state index contributed by atoms with van der Waals surface area (Å²) in [5, 5.41) is 0. The van der Waals surface area contributed by atoms with E-state index in [2.05, 4.69) is 9.88 Å². The molecule has 0 bridgehead atoms. The fraction of sp³-hybridized carbons (Fsp3) is 0.500. The topological polar surface area (TPSA) is 25.4 Å². The molecular weight excluding hydrogens is 164 g/mol. The largest absolute Gasteiger partial charge is 0.379 e. The summed E-state index contributed by atoms with van der Waals surface area (Å²) in [4.78, 5) is 6.52. The zero-order chi connectivity index (χ0) is 9.80. The molecule has 13 heavy (non-hydrogen) atoms. The maximum Gasteiger partial charge on any atom is 0.0639 e. The molecule has 0 radical (unpaired) electrons. The first kappa shape index (κ1) is 7.47. The maximum atomic E-state index is 7.32. The number of nitrogens with zero attached hydrogens (tertiary/aromatic N) is 2. The first-order chi connectivity index (χ1) is 6.84. The molecule has 70 valence electrons. The smallest absolute Gasteiger partial charge is 0.0639 e. The highest BCUT2D eigenvalue weighted by atomic mass is 16.5. The molecule has 2 rings (SSSR count). The Morgan fingerprint density at radius 2 is 2.38 bits per heavy atom. The number of hydrogen-bond acceptors (Lipinski definition) is 3. The Labute approximate surface area is 79.7 Å². The molecule has 1 fully saturated rings. The van der Waals surface area contributed by atoms with Gasteiger partial charge < -0.3 is 4.74 Å². The zero-order valence-corrected chi connectivity index (χ0v) is 7.57. The molecule has 0 unspecified atom stereocenters. The zero-order valence-electron chi connectivity index (χ0n) is 8.57. The second kappa shape index (κ2) is 4.35. The molecule has 0 aliphatic carbocycles. The number of hydrogen-bond donors (Lipinski definition) is 0. The lowest BCUT2D eigenvalue weighted by Crippen LogP contribution is -2.35. The van der Waals surface area contributed by atoms with Crippen LogP contribution in [0.2, 0.25) is 0 Å². The van der Waals surface area contributed by atoms with Crippen LogP contribution in [-0.4, -0.2) is 36.2 Å². The second-order valence-corrected chi connectivity index (χ2v) is 3.14. The molecular formula is C10H14N2O. The quantitative estimate of drug-likeness (QED) is 0.675. The van der Waals surface area contributed by atoms with Gasteiger partial charge in [-0.15, -0.1) is 0 Å². The number of ether oxygens (including phenoxy) is 1. The van der Waals surface area contributed by atoms with Gasteiger partial charge >= 0.3 is 0 Å². The van der Waals surface area contributed by atoms with Crippen LogP contribution in [0.1, 0.15) is 7.06 Å². The first-order valence-corrected chi connectivity index (χ1v) is 4.56. The lowest BCUT2D eigenvalue weighted by atomic mass is 10.3. The monoisotopic (exact) mass is 179 g/mol. The highest BCUT2D eigenvalue weighted by molar-refractivity contribution is 5.03. The first-order valence-electron chi connectivity index (χ1n) is 5.06. The molecule has 3 nitrogen and oxygen atoms in total. The highest BCUT2D eigenvalue weighted by Crippen LogP contribution is 2.03. The van der Waals surface area contributed by atoms with E-state index in [0.29, 0.717) is 6.04 Å². The molecule has 0 N–H and O–H groups in total. The van der Waals surface area contributed by atoms with Gasteiger partial charge in [0, 0.05) is 25.8 Å². The molecule has 1 aromatic rings. The van der Waals surface area contributed by atoms with Crippen molar-refractivity contribution >= 4 is 0 Å². The molecule has 0 saturated carbocycles. The van der Waals surface area contributed by atoms with Gasteiger partial charge in [0.2, 0.25) is 0 Å². The minimum Gasteiger partial charge on any atom is -0.379 e. The minimum absolute atomic E-state index is 0.468. The van der Waals surface area contributed by atoms with Gasteiger partial charge in [-0.3, -0.25) is 9.88 Å². The Kier molecular flexibility index (Phi) is 2.50. The van der Waals surface area contributed by atoms with Crippen LogP contribution in [0.4, 0.5) is 0 Å². The number of aromatic nitrogens is 1. The van der Waals surface area contributed by atoms with E-state index >= 15 is 0 Å². The Morgan fingerprint density at radius 1 is 1.54 bits per heavy atom. The van der Waals surface area contributed by atoms with Gasteiger partial charge in [0.05, 0.1) is 20.3 Å². The lowest BCUT2D eigenvalue weighted by Gasteiger charge is -2.25. The third-order valence-corrected chi connectivity index (χ3v) is 2.17. The third kappa shape index (κ3) is 2.50. The fourth-order valence-corrected chi connectivity index (χ4v) is 1.43. The van der Waals surface area contributed by atoms with E-state index in [4.69, 9.17) is 6.11 Å². The SMILES string of the molecule is [2H]c1ccc(CN2CCOCC2)nc1. The summed E-state index contributed by atoms with van der Waals surface area (Å²) in [6, 6.07) is 4.16. The average molecular weight is 179 g/mol. The van der Waals surface area contributed by atoms with E-state index in [1.54, 1.807) is 12.3 Å². The molecule has 0 aromatic carbocycles. The number of morpholine rings is 1. The van der Waals surface area contributed by atoms with Crippen molar-refractivity contribution in [1.82, 2.24) is 9.88 Å². The van der Waals surface area contributed by atoms with Gasteiger partial charge in [0.1, 0.15) is 0 Å². The van der Waals surface area contributed by atoms with Gasteiger partial charge in [-0.2, -0.15) is 0 Å². The Morgan fingerprint density at radius 3 is 3.08 bits per heavy atom. The van der Waals surface area contributed by atoms with Crippen LogP contribution < -0.4 is 0 Å². The fourth-order valence-electron chi connectivity index (χ4n) is 1.43. The van der Waals surface area contributed by atoms with Crippen LogP contribution in [0.3, 0.4) is 0 Å². The molecule has 3 heteroatoms. The van der Waals surface area contributed by atoms with Crippen LogP contribution in [0, 0.1) is 0 Å². The van der Waals surface area contributed by atoms with Gasteiger partial charge in [-0.1, -0.05) is 6.07 Å². The van der Waals surface area contributed by atoms with Crippen molar-refractivity contribution in [1.29, 1.82) is 0 Å². The van der Waals surface area contributed by atoms with Gasteiger partial charge in [0.25, 0.3) is 0 Å². The molecule has 1 aliphatic heterocycles. The van der Waals surface area contributed by atoms with E-state index in [-0.39, 0.29) is 0 Å². The van der Waals surface area contributed by atoms with Crippen molar-refractivity contribution in [2.45, 2.75) is 6.54 Å². The molecule has 1 aliphatic rings. The van der Waals surface area contributed by atoms with Crippen molar-refractivity contribution in [3.8, 4) is 0 Å². The normalized spacial score (nSPS) is 19.8. The van der Waals surface area contributed by atoms with Gasteiger partial charge in [-0.25, -0.2) is 0 Å². The van der Waals surface area contributed by atoms with Crippen LogP contribution in [-0.2, 0) is 11.3 Å². The van der Waals surface area contributed by atoms with E-state index < -0.39 is 0 Å². The minimum atomic E-state index is 0.468. The summed E-state index contributed by atoms with van der Waals surface area (Å²) >= 11 is 0. The van der Waals surface area contributed by atoms with E-state index in [1.165, 1.54) is 0 Å². The molecule has 0 spiro atoms. The van der Waals surface area contributed by atoms with Crippen LogP contribution in [0.15, 0.2) is 24.4 Å². The second-order valence-electron chi connectivity index (χ2n) is 3.14. The molecule has 0 atom stereocenters. The van der Waals surface area contributed by atoms with Gasteiger partial charge in [-0.05, 0) is 12.1 Å². The Balaban J connectivity index is 1.92. The van der Waals surface area contributed by atoms with Crippen molar-refractivity contribution in [2.24, 2.45) is 0 Å². The van der Waals surface area contributed by atoms with Crippen LogP contribution in [0.5, 0.6) is 0 Å². The van der Waals surface area contributed by atoms with Crippen molar-refractivity contribution in [3.63, 3.8) is 0 Å². The van der Waals surface area contributed by atoms with Crippen LogP contribution >= 0.6 is 0 Å². The predicted octanol–water partition coefficient (Wildman–Crippen LogP) is 0.914. The average Bonchev–Trinajstić information content (AvgIpc) is 2.23. The summed E-state index contributed by atoms with van der Waals surface area (Å²) in [7, 11) is 0. The summed E-state index contributed by atoms with van der Waals surface area (Å²) in [5.74, 6) is 0. The molecule has 2 heterocycles. The number of pyridine rings is 1. The Hall–Kier alpha value is -0.930. The van der Waals surface area contributed by atoms with Crippen LogP contribution in [0.25, 0.3) is 0 Å². The highest BCUT2D eigenvalue weighted by Gasteiger charge is 2.10. The van der Waals surface area contributed by atoms with Crippen molar-refractivity contribution in [3.05, 3.63) is 30.1 Å². The van der Waals surface area contributed by atoms with Crippen molar-refractivity contribution < 1.29 is 6.11 Å². The standard InChI is InChI=1S/C10H14N2O/c1-2-4-11-10(3-1)9-12-5-7-13-8-6-12/h1-4H,5-9H2/i2D. The lowest BCUT2D eigenvalue weighted by molar-refractivity contribution is 0.0336. The maximum absolute atomic E-state index is 7.32. The Bertz CT molecular complexity index is 283. The summed E-state index contributed by atoms with van der Waals surface area (Å²) in [6.45, 7) is 4.45. The van der Waals surface area contributed by atoms with E-state index in [0.717, 1.165) is 38.5 Å².